The van der Waals surface area contributed by atoms with Crippen LogP contribution in [-0.4, -0.2) is 48.5 Å². The van der Waals surface area contributed by atoms with Gasteiger partial charge in [0.1, 0.15) is 5.78 Å². The summed E-state index contributed by atoms with van der Waals surface area (Å²) in [7, 11) is 1.25. The molecule has 72 heavy (non-hydrogen) atoms. The Kier molecular flexibility index (Phi) is 58.3. The van der Waals surface area contributed by atoms with Crippen molar-refractivity contribution >= 4 is 28.1 Å². The normalized spacial score (nSPS) is 15.4. The monoisotopic (exact) mass is 1040 g/mol. The minimum atomic E-state index is 0.103. The van der Waals surface area contributed by atoms with Crippen molar-refractivity contribution in [2.75, 3.05) is 25.6 Å². The van der Waals surface area contributed by atoms with E-state index in [0.29, 0.717) is 19.0 Å². The number of hydrogen-bond acceptors (Lipinski definition) is 3. The van der Waals surface area contributed by atoms with E-state index in [0.717, 1.165) is 75.9 Å². The molecule has 1 heterocycles. The van der Waals surface area contributed by atoms with E-state index in [1.54, 1.807) is 26.2 Å². The lowest BCUT2D eigenvalue weighted by atomic mass is 9.91. The fourth-order valence-corrected chi connectivity index (χ4v) is 12.8. The maximum Gasteiger partial charge on any atom is 0.156 e. The van der Waals surface area contributed by atoms with Crippen LogP contribution in [-0.2, 0) is 14.3 Å². The van der Waals surface area contributed by atoms with Gasteiger partial charge in [-0.2, -0.15) is 0 Å². The molecule has 0 aromatic heterocycles. The van der Waals surface area contributed by atoms with Crippen LogP contribution in [0.5, 0.6) is 0 Å². The molecule has 0 N–H and O–H groups in total. The van der Waals surface area contributed by atoms with E-state index in [9.17, 15) is 9.59 Å². The van der Waals surface area contributed by atoms with E-state index in [1.807, 2.05) is 76.2 Å². The van der Waals surface area contributed by atoms with Crippen molar-refractivity contribution in [3.8, 4) is 0 Å². The van der Waals surface area contributed by atoms with Crippen LogP contribution in [0, 0.1) is 24.2 Å². The molecule has 2 aliphatic rings. The quantitative estimate of drug-likeness (QED) is 0.0542. The lowest BCUT2D eigenvalue weighted by molar-refractivity contribution is -0.118. The highest BCUT2D eigenvalue weighted by Crippen LogP contribution is 2.56. The third kappa shape index (κ3) is 47.4. The summed E-state index contributed by atoms with van der Waals surface area (Å²) in [5.41, 5.74) is 8.63. The predicted octanol–water partition coefficient (Wildman–Crippen LogP) is 22.6. The van der Waals surface area contributed by atoms with Crippen LogP contribution in [0.3, 0.4) is 0 Å². The van der Waals surface area contributed by atoms with Crippen LogP contribution in [0.25, 0.3) is 0 Å². The summed E-state index contributed by atoms with van der Waals surface area (Å²) < 4.78 is 5.39. The van der Waals surface area contributed by atoms with E-state index in [4.69, 9.17) is 4.74 Å². The van der Waals surface area contributed by atoms with Gasteiger partial charge in [0.15, 0.2) is 5.78 Å². The van der Waals surface area contributed by atoms with Crippen molar-refractivity contribution in [1.29, 1.82) is 0 Å². The van der Waals surface area contributed by atoms with Crippen molar-refractivity contribution in [3.05, 3.63) is 107 Å². The lowest BCUT2D eigenvalue weighted by Gasteiger charge is -2.24. The molecule has 0 amide bonds. The Labute approximate surface area is 455 Å². The SMILES string of the molecule is C=C(C)CC(C)CC.CC.CC.CCC(C)C.CCC=C(C(C)=O)C(CCC)PC.CCCC(C(C)=O)c1ccccc1.CCCC(CC)P1CCC(C)(C)C1.CCCOC(C)=C1CC1.Cc1ccccc1. The van der Waals surface area contributed by atoms with Crippen molar-refractivity contribution < 1.29 is 14.3 Å². The highest BCUT2D eigenvalue weighted by atomic mass is 31.1. The van der Waals surface area contributed by atoms with E-state index in [1.165, 1.54) is 86.7 Å². The second-order valence-corrected chi connectivity index (χ2v) is 24.4. The van der Waals surface area contributed by atoms with Crippen molar-refractivity contribution in [1.82, 2.24) is 0 Å². The summed E-state index contributed by atoms with van der Waals surface area (Å²) >= 11 is 0. The third-order valence-electron chi connectivity index (χ3n) is 12.4. The second-order valence-electron chi connectivity index (χ2n) is 20.5. The van der Waals surface area contributed by atoms with Crippen LogP contribution in [0.4, 0.5) is 0 Å². The lowest BCUT2D eigenvalue weighted by Crippen LogP contribution is -2.11. The Bertz CT molecular complexity index is 1570. The average molecular weight is 1040 g/mol. The zero-order chi connectivity index (χ0) is 56.5. The molecule has 6 unspecified atom stereocenters. The minimum Gasteiger partial charge on any atom is -0.498 e. The molecule has 0 radical (unpaired) electrons. The summed E-state index contributed by atoms with van der Waals surface area (Å²) in [6.45, 7) is 53.8. The molecular formula is C67H124O3P2. The van der Waals surface area contributed by atoms with Crippen molar-refractivity contribution in [3.63, 3.8) is 0 Å². The number of hydrogen-bond donors (Lipinski definition) is 0. The number of aryl methyl sites for hydroxylation is 1. The topological polar surface area (TPSA) is 43.4 Å². The van der Waals surface area contributed by atoms with Gasteiger partial charge in [0.25, 0.3) is 0 Å². The van der Waals surface area contributed by atoms with E-state index >= 15 is 0 Å². The summed E-state index contributed by atoms with van der Waals surface area (Å²) in [5, 5.41) is 0. The first-order chi connectivity index (χ1) is 34.2. The Balaban J connectivity index is -0.000000244. The number of ketones is 2. The van der Waals surface area contributed by atoms with Gasteiger partial charge >= 0.3 is 0 Å². The Hall–Kier alpha value is -2.34. The van der Waals surface area contributed by atoms with Crippen LogP contribution < -0.4 is 0 Å². The highest BCUT2D eigenvalue weighted by Gasteiger charge is 2.33. The highest BCUT2D eigenvalue weighted by molar-refractivity contribution is 7.58. The van der Waals surface area contributed by atoms with E-state index in [2.05, 4.69) is 142 Å². The largest absolute Gasteiger partial charge is 0.498 e. The Morgan fingerprint density at radius 3 is 1.53 bits per heavy atom. The molecule has 1 aliphatic carbocycles. The fourth-order valence-electron chi connectivity index (χ4n) is 7.56. The number of rotatable bonds is 21. The van der Waals surface area contributed by atoms with Gasteiger partial charge in [0, 0.05) is 11.6 Å². The van der Waals surface area contributed by atoms with Gasteiger partial charge in [-0.1, -0.05) is 228 Å². The van der Waals surface area contributed by atoms with Gasteiger partial charge in [-0.3, -0.25) is 9.59 Å². The molecule has 6 atom stereocenters. The smallest absolute Gasteiger partial charge is 0.156 e. The van der Waals surface area contributed by atoms with Crippen LogP contribution in [0.15, 0.2) is 95.8 Å². The zero-order valence-electron chi connectivity index (χ0n) is 52.3. The Morgan fingerprint density at radius 1 is 0.736 bits per heavy atom. The third-order valence-corrected chi connectivity index (χ3v) is 17.4. The van der Waals surface area contributed by atoms with Crippen LogP contribution in [0.2, 0.25) is 0 Å². The van der Waals surface area contributed by atoms with Gasteiger partial charge in [0.2, 0.25) is 0 Å². The number of carbonyl (C=O) groups excluding carboxylic acids is 2. The minimum absolute atomic E-state index is 0.103. The number of carbonyl (C=O) groups is 2. The fraction of sp³-hybridized carbons (Fsp3) is 0.701. The molecule has 420 valence electrons. The Morgan fingerprint density at radius 2 is 1.24 bits per heavy atom. The summed E-state index contributed by atoms with van der Waals surface area (Å²) in [6.07, 6.45) is 23.7. The zero-order valence-corrected chi connectivity index (χ0v) is 54.2. The molecule has 2 fully saturated rings. The van der Waals surface area contributed by atoms with Crippen molar-refractivity contribution in [2.45, 2.75) is 266 Å². The molecule has 4 rings (SSSR count). The maximum absolute atomic E-state index is 11.3. The van der Waals surface area contributed by atoms with Crippen LogP contribution >= 0.6 is 16.5 Å². The summed E-state index contributed by atoms with van der Waals surface area (Å²) in [6, 6.07) is 20.3. The molecule has 1 saturated carbocycles. The standard InChI is InChI=1S/C12H16O.C12H25P.C11H21OP.C8H14O.C8H16.C7H8.C5H12.2C2H6/c1-3-7-12(10(2)13)11-8-5-4-6-9-11;1-5-7-11(6-2)13-9-8-12(3,4)10-13;1-5-7-10(9(3)12)11(13-4)8-6-2;1-3-6-9-7(2)8-4-5-8;1-5-8(4)6-7(2)3;1-7-5-3-2-4-6-7;1-4-5(2)3;2*1-2/h4-6,8-9,12H,3,7H2,1-2H3;11H,5-10H2,1-4H3;7,11,13H,5-6,8H2,1-4H3;3-6H2,1-2H3;8H,2,5-6H2,1,3-4H3;2-6H,1H3;5H,4H2,1-3H3;2*1-2H3. The summed E-state index contributed by atoms with van der Waals surface area (Å²) in [4.78, 5) is 22.7. The molecule has 2 aromatic rings. The molecule has 1 saturated heterocycles. The number of Topliss-reactive ketones (excluding diaryl/α,β-unsaturated/α-hetero) is 2. The molecule has 1 aliphatic heterocycles. The number of allylic oxidation sites excluding steroid dienone is 5. The maximum atomic E-state index is 11.3. The molecule has 5 heteroatoms. The summed E-state index contributed by atoms with van der Waals surface area (Å²) in [5.74, 6) is 3.52. The van der Waals surface area contributed by atoms with Gasteiger partial charge in [-0.05, 0) is 157 Å². The molecule has 3 nitrogen and oxygen atoms in total. The molecule has 0 spiro atoms. The number of benzene rings is 2. The number of ether oxygens (including phenoxy) is 1. The van der Waals surface area contributed by atoms with Gasteiger partial charge < -0.3 is 4.74 Å². The first kappa shape index (κ1) is 78.5. The van der Waals surface area contributed by atoms with Gasteiger partial charge in [-0.15, -0.1) is 23.1 Å². The van der Waals surface area contributed by atoms with Crippen molar-refractivity contribution in [2.24, 2.45) is 17.3 Å². The molecule has 0 bridgehead atoms. The first-order valence-electron chi connectivity index (χ1n) is 29.3. The molecular weight excluding hydrogens is 915 g/mol. The van der Waals surface area contributed by atoms with E-state index in [-0.39, 0.29) is 17.5 Å². The average Bonchev–Trinajstić information content (AvgIpc) is 4.17. The van der Waals surface area contributed by atoms with Crippen LogP contribution in [0.1, 0.15) is 259 Å². The first-order valence-corrected chi connectivity index (χ1v) is 32.7. The van der Waals surface area contributed by atoms with Gasteiger partial charge in [-0.25, -0.2) is 0 Å². The van der Waals surface area contributed by atoms with E-state index < -0.39 is 0 Å². The molecule has 2 aromatic carbocycles. The predicted molar refractivity (Wildman–Crippen MR) is 337 cm³/mol. The van der Waals surface area contributed by atoms with Gasteiger partial charge in [0.05, 0.1) is 12.4 Å². The second kappa shape index (κ2) is 53.5.